The Bertz CT molecular complexity index is 288. The zero-order valence-corrected chi connectivity index (χ0v) is 9.23. The van der Waals surface area contributed by atoms with Crippen LogP contribution in [0.5, 0.6) is 0 Å². The topological polar surface area (TPSA) is 47.6 Å². The maximum absolute atomic E-state index is 8.76. The Morgan fingerprint density at radius 1 is 1.50 bits per heavy atom. The number of allylic oxidation sites excluding steroid dienone is 2. The summed E-state index contributed by atoms with van der Waals surface area (Å²) >= 11 is 1.94. The molecule has 0 bridgehead atoms. The quantitative estimate of drug-likeness (QED) is 0.652. The summed E-state index contributed by atoms with van der Waals surface area (Å²) in [6.07, 6.45) is 4.23. The summed E-state index contributed by atoms with van der Waals surface area (Å²) in [5.74, 6) is 1.12. The lowest BCUT2D eigenvalue weighted by Crippen LogP contribution is -2.12. The molecule has 0 aromatic rings. The fourth-order valence-electron chi connectivity index (χ4n) is 1.81. The number of nitrogens with zero attached hydrogens (tertiary/aromatic N) is 2. The third-order valence-corrected chi connectivity index (χ3v) is 3.67. The van der Waals surface area contributed by atoms with E-state index in [1.54, 1.807) is 0 Å². The molecule has 0 amide bonds. The van der Waals surface area contributed by atoms with E-state index in [0.717, 1.165) is 30.6 Å². The van der Waals surface area contributed by atoms with Crippen LogP contribution in [0.25, 0.3) is 0 Å². The van der Waals surface area contributed by atoms with E-state index < -0.39 is 0 Å². The minimum absolute atomic E-state index is 0.353. The standard InChI is InChI=1S/C11H14N2S/c1-2-14-11-5-3-4-9(6-11)10(7-12)8-13/h11H,2-6H2,1H3. The van der Waals surface area contributed by atoms with E-state index in [9.17, 15) is 0 Å². The summed E-state index contributed by atoms with van der Waals surface area (Å²) in [7, 11) is 0. The molecule has 0 aromatic heterocycles. The molecule has 0 N–H and O–H groups in total. The van der Waals surface area contributed by atoms with Crippen LogP contribution in [-0.4, -0.2) is 11.0 Å². The first kappa shape index (κ1) is 11.1. The zero-order chi connectivity index (χ0) is 10.4. The summed E-state index contributed by atoms with van der Waals surface area (Å²) in [6, 6.07) is 3.99. The molecule has 0 spiro atoms. The second-order valence-corrected chi connectivity index (χ2v) is 4.95. The Kier molecular flexibility index (Phi) is 4.56. The monoisotopic (exact) mass is 206 g/mol. The van der Waals surface area contributed by atoms with Crippen molar-refractivity contribution >= 4 is 11.8 Å². The third-order valence-electron chi connectivity index (χ3n) is 2.46. The van der Waals surface area contributed by atoms with Crippen molar-refractivity contribution in [2.75, 3.05) is 5.75 Å². The smallest absolute Gasteiger partial charge is 0.128 e. The largest absolute Gasteiger partial charge is 0.192 e. The van der Waals surface area contributed by atoms with Crippen molar-refractivity contribution in [1.82, 2.24) is 0 Å². The Balaban J connectivity index is 2.70. The molecule has 1 aliphatic carbocycles. The molecule has 0 heterocycles. The predicted octanol–water partition coefficient (Wildman–Crippen LogP) is 3.03. The van der Waals surface area contributed by atoms with Crippen molar-refractivity contribution < 1.29 is 0 Å². The SMILES string of the molecule is CCSC1CCCC(=C(C#N)C#N)C1. The number of rotatable bonds is 2. The number of thioether (sulfide) groups is 1. The first-order valence-electron chi connectivity index (χ1n) is 4.95. The molecule has 1 atom stereocenters. The average Bonchev–Trinajstić information content (AvgIpc) is 2.21. The summed E-state index contributed by atoms with van der Waals surface area (Å²) < 4.78 is 0. The highest BCUT2D eigenvalue weighted by Crippen LogP contribution is 2.32. The first-order chi connectivity index (χ1) is 6.81. The van der Waals surface area contributed by atoms with Gasteiger partial charge >= 0.3 is 0 Å². The molecule has 2 nitrogen and oxygen atoms in total. The summed E-state index contributed by atoms with van der Waals surface area (Å²) in [6.45, 7) is 2.15. The molecular formula is C11H14N2S. The fraction of sp³-hybridized carbons (Fsp3) is 0.636. The van der Waals surface area contributed by atoms with E-state index in [0.29, 0.717) is 10.8 Å². The van der Waals surface area contributed by atoms with Crippen LogP contribution in [0.4, 0.5) is 0 Å². The van der Waals surface area contributed by atoms with Gasteiger partial charge in [0, 0.05) is 5.25 Å². The molecule has 1 saturated carbocycles. The Hall–Kier alpha value is -0.930. The molecule has 14 heavy (non-hydrogen) atoms. The van der Waals surface area contributed by atoms with Gasteiger partial charge in [0.15, 0.2) is 0 Å². The van der Waals surface area contributed by atoms with Crippen LogP contribution in [0.15, 0.2) is 11.1 Å². The minimum atomic E-state index is 0.353. The van der Waals surface area contributed by atoms with Gasteiger partial charge in [0.1, 0.15) is 17.7 Å². The van der Waals surface area contributed by atoms with Crippen molar-refractivity contribution in [1.29, 1.82) is 10.5 Å². The molecule has 3 heteroatoms. The number of nitriles is 2. The second-order valence-electron chi connectivity index (χ2n) is 3.38. The van der Waals surface area contributed by atoms with Crippen LogP contribution in [0.1, 0.15) is 32.6 Å². The molecule has 1 aliphatic rings. The van der Waals surface area contributed by atoms with Gasteiger partial charge in [0.05, 0.1) is 0 Å². The van der Waals surface area contributed by atoms with Gasteiger partial charge in [0.25, 0.3) is 0 Å². The molecule has 1 unspecified atom stereocenters. The van der Waals surface area contributed by atoms with Crippen LogP contribution >= 0.6 is 11.8 Å². The van der Waals surface area contributed by atoms with Crippen molar-refractivity contribution in [3.05, 3.63) is 11.1 Å². The Labute approximate surface area is 89.6 Å². The van der Waals surface area contributed by atoms with Gasteiger partial charge in [0.2, 0.25) is 0 Å². The first-order valence-corrected chi connectivity index (χ1v) is 6.00. The highest BCUT2D eigenvalue weighted by Gasteiger charge is 2.19. The molecule has 1 rings (SSSR count). The van der Waals surface area contributed by atoms with Crippen molar-refractivity contribution in [2.45, 2.75) is 37.9 Å². The van der Waals surface area contributed by atoms with Gasteiger partial charge in [-0.25, -0.2) is 0 Å². The van der Waals surface area contributed by atoms with Crippen molar-refractivity contribution in [2.24, 2.45) is 0 Å². The van der Waals surface area contributed by atoms with Crippen LogP contribution in [0, 0.1) is 22.7 Å². The van der Waals surface area contributed by atoms with Gasteiger partial charge in [-0.2, -0.15) is 22.3 Å². The molecule has 1 fully saturated rings. The molecule has 74 valence electrons. The molecule has 0 aliphatic heterocycles. The molecular weight excluding hydrogens is 192 g/mol. The van der Waals surface area contributed by atoms with Crippen molar-refractivity contribution in [3.63, 3.8) is 0 Å². The van der Waals surface area contributed by atoms with Gasteiger partial charge < -0.3 is 0 Å². The van der Waals surface area contributed by atoms with Crippen molar-refractivity contribution in [3.8, 4) is 12.1 Å². The normalized spacial score (nSPS) is 21.1. The lowest BCUT2D eigenvalue weighted by atomic mass is 9.91. The zero-order valence-electron chi connectivity index (χ0n) is 8.42. The third kappa shape index (κ3) is 2.79. The Morgan fingerprint density at radius 3 is 2.79 bits per heavy atom. The summed E-state index contributed by atoms with van der Waals surface area (Å²) in [5, 5.41) is 18.1. The summed E-state index contributed by atoms with van der Waals surface area (Å²) in [5.41, 5.74) is 1.43. The minimum Gasteiger partial charge on any atom is -0.192 e. The van der Waals surface area contributed by atoms with Crippen LogP contribution in [0.2, 0.25) is 0 Å². The fourth-order valence-corrected chi connectivity index (χ4v) is 2.93. The lowest BCUT2D eigenvalue weighted by Gasteiger charge is -2.23. The average molecular weight is 206 g/mol. The van der Waals surface area contributed by atoms with Gasteiger partial charge in [-0.1, -0.05) is 6.92 Å². The summed E-state index contributed by atoms with van der Waals surface area (Å²) in [4.78, 5) is 0. The van der Waals surface area contributed by atoms with E-state index in [2.05, 4.69) is 6.92 Å². The number of hydrogen-bond acceptors (Lipinski definition) is 3. The van der Waals surface area contributed by atoms with E-state index in [1.807, 2.05) is 23.9 Å². The Morgan fingerprint density at radius 2 is 2.21 bits per heavy atom. The highest BCUT2D eigenvalue weighted by atomic mass is 32.2. The maximum Gasteiger partial charge on any atom is 0.128 e. The molecule has 0 saturated heterocycles. The van der Waals surface area contributed by atoms with E-state index >= 15 is 0 Å². The van der Waals surface area contributed by atoms with Crippen LogP contribution in [-0.2, 0) is 0 Å². The van der Waals surface area contributed by atoms with Gasteiger partial charge in [-0.15, -0.1) is 0 Å². The van der Waals surface area contributed by atoms with Crippen LogP contribution in [0.3, 0.4) is 0 Å². The molecule has 0 radical (unpaired) electrons. The lowest BCUT2D eigenvalue weighted by molar-refractivity contribution is 0.611. The predicted molar refractivity (Wildman–Crippen MR) is 58.6 cm³/mol. The van der Waals surface area contributed by atoms with Gasteiger partial charge in [-0.05, 0) is 37.0 Å². The van der Waals surface area contributed by atoms with E-state index in [4.69, 9.17) is 10.5 Å². The van der Waals surface area contributed by atoms with Crippen LogP contribution < -0.4 is 0 Å². The molecule has 0 aromatic carbocycles. The van der Waals surface area contributed by atoms with E-state index in [-0.39, 0.29) is 0 Å². The van der Waals surface area contributed by atoms with Gasteiger partial charge in [-0.3, -0.25) is 0 Å². The maximum atomic E-state index is 8.76. The van der Waals surface area contributed by atoms with E-state index in [1.165, 1.54) is 6.42 Å². The second kappa shape index (κ2) is 5.73. The number of hydrogen-bond donors (Lipinski definition) is 0. The highest BCUT2D eigenvalue weighted by molar-refractivity contribution is 7.99.